The first kappa shape index (κ1) is 14.6. The molecule has 0 aromatic carbocycles. The fraction of sp³-hybridized carbons (Fsp3) is 0.750. The lowest BCUT2D eigenvalue weighted by Crippen LogP contribution is -2.38. The number of hydrogen-bond acceptors (Lipinski definition) is 3. The SMILES string of the molecule is CCN(CC1CCC1)C(=O)c1n[nH]c2c1C[C@H](C)O[C@@H]2C. The summed E-state index contributed by atoms with van der Waals surface area (Å²) in [6, 6.07) is 0. The summed E-state index contributed by atoms with van der Waals surface area (Å²) >= 11 is 0. The molecule has 3 rings (SSSR count). The van der Waals surface area contributed by atoms with Crippen molar-refractivity contribution in [3.8, 4) is 0 Å². The predicted octanol–water partition coefficient (Wildman–Crippen LogP) is 2.69. The zero-order chi connectivity index (χ0) is 15.0. The van der Waals surface area contributed by atoms with Crippen LogP contribution < -0.4 is 0 Å². The first-order valence-corrected chi connectivity index (χ1v) is 8.12. The lowest BCUT2D eigenvalue weighted by Gasteiger charge is -2.32. The highest BCUT2D eigenvalue weighted by atomic mass is 16.5. The quantitative estimate of drug-likeness (QED) is 0.928. The smallest absolute Gasteiger partial charge is 0.274 e. The van der Waals surface area contributed by atoms with Crippen LogP contribution in [0, 0.1) is 5.92 Å². The van der Waals surface area contributed by atoms with Crippen molar-refractivity contribution in [1.82, 2.24) is 15.1 Å². The minimum atomic E-state index is -0.0143. The van der Waals surface area contributed by atoms with Crippen LogP contribution in [0.2, 0.25) is 0 Å². The molecule has 5 heteroatoms. The molecule has 1 aliphatic heterocycles. The molecule has 2 heterocycles. The lowest BCUT2D eigenvalue weighted by molar-refractivity contribution is -0.00703. The van der Waals surface area contributed by atoms with Gasteiger partial charge < -0.3 is 9.64 Å². The average molecular weight is 291 g/mol. The normalized spacial score (nSPS) is 25.3. The Labute approximate surface area is 126 Å². The van der Waals surface area contributed by atoms with Gasteiger partial charge in [-0.3, -0.25) is 9.89 Å². The Morgan fingerprint density at radius 2 is 2.19 bits per heavy atom. The van der Waals surface area contributed by atoms with Crippen molar-refractivity contribution in [1.29, 1.82) is 0 Å². The molecule has 116 valence electrons. The Balaban J connectivity index is 1.80. The van der Waals surface area contributed by atoms with Gasteiger partial charge in [0.2, 0.25) is 0 Å². The highest BCUT2D eigenvalue weighted by Gasteiger charge is 2.32. The van der Waals surface area contributed by atoms with Crippen LogP contribution in [-0.4, -0.2) is 40.2 Å². The Bertz CT molecular complexity index is 522. The number of carbonyl (C=O) groups is 1. The molecule has 1 saturated carbocycles. The second kappa shape index (κ2) is 5.79. The van der Waals surface area contributed by atoms with E-state index in [-0.39, 0.29) is 18.1 Å². The fourth-order valence-electron chi connectivity index (χ4n) is 3.34. The van der Waals surface area contributed by atoms with Crippen molar-refractivity contribution in [3.63, 3.8) is 0 Å². The second-order valence-corrected chi connectivity index (χ2v) is 6.40. The summed E-state index contributed by atoms with van der Waals surface area (Å²) in [5.41, 5.74) is 2.63. The van der Waals surface area contributed by atoms with E-state index >= 15 is 0 Å². The first-order chi connectivity index (χ1) is 10.1. The molecule has 1 aliphatic carbocycles. The molecule has 21 heavy (non-hydrogen) atoms. The molecular formula is C16H25N3O2. The van der Waals surface area contributed by atoms with Gasteiger partial charge in [0.1, 0.15) is 0 Å². The van der Waals surface area contributed by atoms with Crippen LogP contribution in [-0.2, 0) is 11.2 Å². The molecule has 0 saturated heterocycles. The molecule has 0 unspecified atom stereocenters. The van der Waals surface area contributed by atoms with Gasteiger partial charge in [-0.05, 0) is 39.5 Å². The number of nitrogens with one attached hydrogen (secondary N) is 1. The molecule has 1 aromatic heterocycles. The van der Waals surface area contributed by atoms with E-state index in [9.17, 15) is 4.79 Å². The molecule has 1 N–H and O–H groups in total. The number of H-pyrrole nitrogens is 1. The number of ether oxygens (including phenoxy) is 1. The maximum Gasteiger partial charge on any atom is 0.274 e. The Kier molecular flexibility index (Phi) is 4.02. The third-order valence-corrected chi connectivity index (χ3v) is 4.81. The largest absolute Gasteiger partial charge is 0.369 e. The number of aromatic nitrogens is 2. The minimum absolute atomic E-state index is 0.0143. The van der Waals surface area contributed by atoms with Gasteiger partial charge in [0.15, 0.2) is 5.69 Å². The van der Waals surface area contributed by atoms with Crippen molar-refractivity contribution in [3.05, 3.63) is 17.0 Å². The molecule has 0 bridgehead atoms. The van der Waals surface area contributed by atoms with Crippen molar-refractivity contribution in [2.75, 3.05) is 13.1 Å². The summed E-state index contributed by atoms with van der Waals surface area (Å²) in [4.78, 5) is 14.7. The van der Waals surface area contributed by atoms with E-state index in [0.717, 1.165) is 30.8 Å². The van der Waals surface area contributed by atoms with Gasteiger partial charge in [0, 0.05) is 25.1 Å². The highest BCUT2D eigenvalue weighted by molar-refractivity contribution is 5.94. The summed E-state index contributed by atoms with van der Waals surface area (Å²) in [5.74, 6) is 0.757. The van der Waals surface area contributed by atoms with E-state index in [2.05, 4.69) is 10.2 Å². The zero-order valence-electron chi connectivity index (χ0n) is 13.2. The van der Waals surface area contributed by atoms with Gasteiger partial charge in [0.25, 0.3) is 5.91 Å². The van der Waals surface area contributed by atoms with E-state index in [1.54, 1.807) is 0 Å². The lowest BCUT2D eigenvalue weighted by atomic mass is 9.85. The summed E-state index contributed by atoms with van der Waals surface area (Å²) in [6.45, 7) is 7.72. The molecular weight excluding hydrogens is 266 g/mol. The van der Waals surface area contributed by atoms with Gasteiger partial charge >= 0.3 is 0 Å². The third-order valence-electron chi connectivity index (χ3n) is 4.81. The molecule has 1 aromatic rings. The number of carbonyl (C=O) groups excluding carboxylic acids is 1. The van der Waals surface area contributed by atoms with Gasteiger partial charge in [-0.2, -0.15) is 5.10 Å². The van der Waals surface area contributed by atoms with E-state index in [1.807, 2.05) is 25.7 Å². The van der Waals surface area contributed by atoms with Crippen LogP contribution in [0.4, 0.5) is 0 Å². The van der Waals surface area contributed by atoms with Crippen molar-refractivity contribution < 1.29 is 9.53 Å². The van der Waals surface area contributed by atoms with E-state index in [4.69, 9.17) is 4.74 Å². The highest BCUT2D eigenvalue weighted by Crippen LogP contribution is 2.31. The average Bonchev–Trinajstić information content (AvgIpc) is 2.81. The Hall–Kier alpha value is -1.36. The molecule has 2 aliphatic rings. The van der Waals surface area contributed by atoms with Crippen molar-refractivity contribution in [2.45, 2.75) is 58.7 Å². The van der Waals surface area contributed by atoms with Crippen LogP contribution in [0.15, 0.2) is 0 Å². The number of rotatable bonds is 4. The molecule has 2 atom stereocenters. The second-order valence-electron chi connectivity index (χ2n) is 6.40. The number of fused-ring (bicyclic) bond motifs is 1. The summed E-state index contributed by atoms with van der Waals surface area (Å²) in [6.07, 6.45) is 4.70. The Morgan fingerprint density at radius 3 is 2.81 bits per heavy atom. The van der Waals surface area contributed by atoms with Crippen LogP contribution in [0.5, 0.6) is 0 Å². The van der Waals surface area contributed by atoms with E-state index < -0.39 is 0 Å². The van der Waals surface area contributed by atoms with Crippen LogP contribution in [0.3, 0.4) is 0 Å². The number of hydrogen-bond donors (Lipinski definition) is 1. The topological polar surface area (TPSA) is 58.2 Å². The van der Waals surface area contributed by atoms with Crippen LogP contribution in [0.25, 0.3) is 0 Å². The summed E-state index contributed by atoms with van der Waals surface area (Å²) in [7, 11) is 0. The van der Waals surface area contributed by atoms with Gasteiger partial charge in [-0.15, -0.1) is 0 Å². The molecule has 0 spiro atoms. The maximum absolute atomic E-state index is 12.8. The minimum Gasteiger partial charge on any atom is -0.369 e. The standard InChI is InChI=1S/C16H25N3O2/c1-4-19(9-12-6-5-7-12)16(20)15-13-8-10(2)21-11(3)14(13)17-18-15/h10-12H,4-9H2,1-3H3,(H,17,18)/t10-,11+/m0/s1. The fourth-order valence-corrected chi connectivity index (χ4v) is 3.34. The number of amides is 1. The first-order valence-electron chi connectivity index (χ1n) is 8.12. The van der Waals surface area contributed by atoms with E-state index in [1.165, 1.54) is 19.3 Å². The van der Waals surface area contributed by atoms with Gasteiger partial charge in [-0.25, -0.2) is 0 Å². The van der Waals surface area contributed by atoms with Crippen molar-refractivity contribution in [2.24, 2.45) is 5.92 Å². The number of nitrogens with zero attached hydrogens (tertiary/aromatic N) is 2. The predicted molar refractivity (Wildman–Crippen MR) is 80.2 cm³/mol. The van der Waals surface area contributed by atoms with Gasteiger partial charge in [0.05, 0.1) is 17.9 Å². The van der Waals surface area contributed by atoms with Gasteiger partial charge in [-0.1, -0.05) is 6.42 Å². The molecule has 1 amide bonds. The van der Waals surface area contributed by atoms with E-state index in [0.29, 0.717) is 11.6 Å². The Morgan fingerprint density at radius 1 is 1.43 bits per heavy atom. The van der Waals surface area contributed by atoms with Crippen LogP contribution >= 0.6 is 0 Å². The molecule has 1 fully saturated rings. The summed E-state index contributed by atoms with van der Waals surface area (Å²) < 4.78 is 5.79. The monoisotopic (exact) mass is 291 g/mol. The van der Waals surface area contributed by atoms with Crippen LogP contribution in [0.1, 0.15) is 67.9 Å². The zero-order valence-corrected chi connectivity index (χ0v) is 13.2. The summed E-state index contributed by atoms with van der Waals surface area (Å²) in [5, 5.41) is 7.32. The number of aromatic amines is 1. The molecule has 0 radical (unpaired) electrons. The third kappa shape index (κ3) is 2.71. The maximum atomic E-state index is 12.8. The molecule has 5 nitrogen and oxygen atoms in total. The van der Waals surface area contributed by atoms with Crippen molar-refractivity contribution >= 4 is 5.91 Å².